The van der Waals surface area contributed by atoms with Crippen LogP contribution < -0.4 is 0 Å². The Morgan fingerprint density at radius 2 is 2.10 bits per heavy atom. The van der Waals surface area contributed by atoms with Crippen molar-refractivity contribution < 1.29 is 0 Å². The van der Waals surface area contributed by atoms with Crippen LogP contribution in [0.3, 0.4) is 0 Å². The molecule has 0 amide bonds. The molecule has 1 heteroatoms. The monoisotopic (exact) mass is 263 g/mol. The number of hydrogen-bond donors (Lipinski definition) is 0. The van der Waals surface area contributed by atoms with Crippen LogP contribution in [-0.4, -0.2) is 17.5 Å². The van der Waals surface area contributed by atoms with E-state index in [1.54, 1.807) is 0 Å². The number of nitrogens with zero attached hydrogens (tertiary/aromatic N) is 1. The molecule has 1 unspecified atom stereocenters. The van der Waals surface area contributed by atoms with Crippen molar-refractivity contribution >= 4 is 5.57 Å². The van der Waals surface area contributed by atoms with E-state index in [9.17, 15) is 0 Å². The highest BCUT2D eigenvalue weighted by molar-refractivity contribution is 5.83. The van der Waals surface area contributed by atoms with Gasteiger partial charge >= 0.3 is 0 Å². The molecule has 0 aromatic heterocycles. The summed E-state index contributed by atoms with van der Waals surface area (Å²) in [5.41, 5.74) is 8.81. The lowest BCUT2D eigenvalue weighted by Gasteiger charge is -2.38. The third kappa shape index (κ3) is 1.91. The van der Waals surface area contributed by atoms with Crippen molar-refractivity contribution in [2.45, 2.75) is 32.4 Å². The highest BCUT2D eigenvalue weighted by Gasteiger charge is 2.35. The normalized spacial score (nSPS) is 25.1. The summed E-state index contributed by atoms with van der Waals surface area (Å²) in [6.07, 6.45) is 9.57. The standard InChI is InChI=1S/C19H21N/c1-4-19(2)18-13-7-5-6-12-17(18)16-11-9-8-10-15(16)14-20(19)3/h5-6,8-13H,4,14H2,1-3H3. The van der Waals surface area contributed by atoms with E-state index in [0.717, 1.165) is 13.0 Å². The number of rotatable bonds is 1. The summed E-state index contributed by atoms with van der Waals surface area (Å²) in [5.74, 6) is 0. The van der Waals surface area contributed by atoms with Gasteiger partial charge in [-0.1, -0.05) is 43.3 Å². The molecule has 20 heavy (non-hydrogen) atoms. The number of fused-ring (bicyclic) bond motifs is 2. The molecule has 0 radical (unpaired) electrons. The summed E-state index contributed by atoms with van der Waals surface area (Å²) in [7, 11) is 2.22. The first-order valence-corrected chi connectivity index (χ1v) is 7.30. The van der Waals surface area contributed by atoms with Gasteiger partial charge in [-0.3, -0.25) is 4.90 Å². The smallest absolute Gasteiger partial charge is 0.0442 e. The van der Waals surface area contributed by atoms with Crippen molar-refractivity contribution in [3.8, 4) is 0 Å². The lowest BCUT2D eigenvalue weighted by molar-refractivity contribution is 0.166. The average molecular weight is 263 g/mol. The van der Waals surface area contributed by atoms with E-state index in [-0.39, 0.29) is 5.54 Å². The van der Waals surface area contributed by atoms with E-state index in [1.165, 1.54) is 22.3 Å². The van der Waals surface area contributed by atoms with Crippen molar-refractivity contribution in [1.29, 1.82) is 0 Å². The maximum Gasteiger partial charge on any atom is 0.0442 e. The quantitative estimate of drug-likeness (QED) is 0.681. The van der Waals surface area contributed by atoms with Gasteiger partial charge in [0.2, 0.25) is 0 Å². The average Bonchev–Trinajstić information content (AvgIpc) is 2.76. The highest BCUT2D eigenvalue weighted by Crippen LogP contribution is 2.40. The maximum atomic E-state index is 3.29. The van der Waals surface area contributed by atoms with Crippen LogP contribution in [0.4, 0.5) is 0 Å². The van der Waals surface area contributed by atoms with Gasteiger partial charge in [0.05, 0.1) is 0 Å². The number of benzene rings is 1. The molecule has 1 heterocycles. The second kappa shape index (κ2) is 4.94. The third-order valence-electron chi connectivity index (χ3n) is 4.80. The van der Waals surface area contributed by atoms with Gasteiger partial charge in [0, 0.05) is 12.1 Å². The molecule has 0 N–H and O–H groups in total. The summed E-state index contributed by atoms with van der Waals surface area (Å²) >= 11 is 0. The van der Waals surface area contributed by atoms with Crippen LogP contribution in [0.15, 0.2) is 59.9 Å². The van der Waals surface area contributed by atoms with E-state index in [1.807, 2.05) is 6.08 Å². The molecule has 0 spiro atoms. The van der Waals surface area contributed by atoms with Crippen molar-refractivity contribution in [3.05, 3.63) is 71.0 Å². The van der Waals surface area contributed by atoms with E-state index in [0.29, 0.717) is 0 Å². The number of likely N-dealkylation sites (N-methyl/N-ethyl adjacent to an activating group) is 1. The summed E-state index contributed by atoms with van der Waals surface area (Å²) < 4.78 is 0. The maximum absolute atomic E-state index is 3.29. The summed E-state index contributed by atoms with van der Waals surface area (Å²) in [5, 5.41) is 0. The van der Waals surface area contributed by atoms with Crippen molar-refractivity contribution in [2.75, 3.05) is 7.05 Å². The van der Waals surface area contributed by atoms with E-state index in [4.69, 9.17) is 0 Å². The molecule has 0 fully saturated rings. The zero-order chi connectivity index (χ0) is 14.2. The van der Waals surface area contributed by atoms with Crippen LogP contribution in [-0.2, 0) is 6.54 Å². The third-order valence-corrected chi connectivity index (χ3v) is 4.80. The van der Waals surface area contributed by atoms with Gasteiger partial charge in [0.15, 0.2) is 0 Å². The molecule has 1 nitrogen and oxygen atoms in total. The second-order valence-electron chi connectivity index (χ2n) is 5.80. The molecule has 1 aliphatic heterocycles. The lowest BCUT2D eigenvalue weighted by Crippen LogP contribution is -2.43. The van der Waals surface area contributed by atoms with Crippen molar-refractivity contribution in [1.82, 2.24) is 4.90 Å². The molecule has 1 aliphatic carbocycles. The fourth-order valence-corrected chi connectivity index (χ4v) is 3.20. The zero-order valence-electron chi connectivity index (χ0n) is 12.5. The van der Waals surface area contributed by atoms with Crippen LogP contribution >= 0.6 is 0 Å². The molecular weight excluding hydrogens is 242 g/mol. The van der Waals surface area contributed by atoms with Crippen molar-refractivity contribution in [3.63, 3.8) is 0 Å². The Morgan fingerprint density at radius 1 is 1.30 bits per heavy atom. The van der Waals surface area contributed by atoms with Crippen LogP contribution in [0.2, 0.25) is 0 Å². The Kier molecular flexibility index (Phi) is 3.25. The Labute approximate surface area is 121 Å². The molecule has 2 aliphatic rings. The Balaban J connectivity index is 2.33. The molecule has 0 saturated heterocycles. The molecule has 0 bridgehead atoms. The van der Waals surface area contributed by atoms with Crippen LogP contribution in [0, 0.1) is 0 Å². The minimum atomic E-state index is 0.0455. The largest absolute Gasteiger partial charge is 0.293 e. The van der Waals surface area contributed by atoms with Gasteiger partial charge in [-0.05, 0) is 54.8 Å². The predicted molar refractivity (Wildman–Crippen MR) is 85.3 cm³/mol. The topological polar surface area (TPSA) is 3.24 Å². The van der Waals surface area contributed by atoms with Crippen LogP contribution in [0.1, 0.15) is 31.4 Å². The molecule has 1 aromatic carbocycles. The number of allylic oxidation sites excluding steroid dienone is 3. The van der Waals surface area contributed by atoms with Gasteiger partial charge < -0.3 is 0 Å². The van der Waals surface area contributed by atoms with Crippen LogP contribution in [0.25, 0.3) is 5.57 Å². The first-order chi connectivity index (χ1) is 9.66. The lowest BCUT2D eigenvalue weighted by atomic mass is 9.83. The van der Waals surface area contributed by atoms with E-state index < -0.39 is 0 Å². The Morgan fingerprint density at radius 3 is 2.90 bits per heavy atom. The zero-order valence-corrected chi connectivity index (χ0v) is 12.5. The summed E-state index contributed by atoms with van der Waals surface area (Å²) in [6, 6.07) is 8.75. The van der Waals surface area contributed by atoms with Gasteiger partial charge in [-0.2, -0.15) is 0 Å². The minimum Gasteiger partial charge on any atom is -0.293 e. The first-order valence-electron chi connectivity index (χ1n) is 7.30. The number of hydrogen-bond acceptors (Lipinski definition) is 1. The molecule has 0 saturated carbocycles. The second-order valence-corrected chi connectivity index (χ2v) is 5.80. The fraction of sp³-hybridized carbons (Fsp3) is 0.316. The van der Waals surface area contributed by atoms with Crippen molar-refractivity contribution in [2.24, 2.45) is 0 Å². The summed E-state index contributed by atoms with van der Waals surface area (Å²) in [4.78, 5) is 2.46. The molecular formula is C19H21N. The predicted octanol–water partition coefficient (Wildman–Crippen LogP) is 4.34. The fourth-order valence-electron chi connectivity index (χ4n) is 3.20. The van der Waals surface area contributed by atoms with Gasteiger partial charge in [0.1, 0.15) is 0 Å². The molecule has 1 atom stereocenters. The summed E-state index contributed by atoms with van der Waals surface area (Å²) in [6.45, 7) is 5.59. The van der Waals surface area contributed by atoms with Gasteiger partial charge in [0.25, 0.3) is 0 Å². The SMILES string of the molecule is CCC1(C)C2=C(C=CC=C=C2)c2ccccc2CN1C. The molecule has 1 aromatic rings. The molecule has 3 rings (SSSR count). The van der Waals surface area contributed by atoms with Gasteiger partial charge in [-0.15, -0.1) is 5.73 Å². The highest BCUT2D eigenvalue weighted by atomic mass is 15.2. The Hall–Kier alpha value is -1.82. The van der Waals surface area contributed by atoms with E-state index in [2.05, 4.69) is 74.0 Å². The van der Waals surface area contributed by atoms with Crippen LogP contribution in [0.5, 0.6) is 0 Å². The molecule has 102 valence electrons. The first kappa shape index (κ1) is 13.2. The van der Waals surface area contributed by atoms with Gasteiger partial charge in [-0.25, -0.2) is 0 Å². The van der Waals surface area contributed by atoms with E-state index >= 15 is 0 Å². The minimum absolute atomic E-state index is 0.0455. The Bertz CT molecular complexity index is 656.